The molecule has 3 rings (SSSR count). The molecule has 0 aliphatic heterocycles. The van der Waals surface area contributed by atoms with Crippen molar-refractivity contribution in [1.82, 2.24) is 4.98 Å². The third kappa shape index (κ3) is 5.56. The lowest BCUT2D eigenvalue weighted by Gasteiger charge is -2.18. The summed E-state index contributed by atoms with van der Waals surface area (Å²) in [6, 6.07) is 13.3. The van der Waals surface area contributed by atoms with Crippen molar-refractivity contribution >= 4 is 43.9 Å². The molecule has 1 amide bonds. The van der Waals surface area contributed by atoms with Crippen LogP contribution in [0.4, 0.5) is 10.8 Å². The first-order valence-electron chi connectivity index (χ1n) is 9.50. The van der Waals surface area contributed by atoms with Crippen LogP contribution in [0.25, 0.3) is 0 Å². The number of sulfone groups is 1. The van der Waals surface area contributed by atoms with Crippen LogP contribution in [0.2, 0.25) is 0 Å². The Morgan fingerprint density at radius 3 is 2.45 bits per heavy atom. The van der Waals surface area contributed by atoms with Crippen molar-refractivity contribution in [3.63, 3.8) is 0 Å². The molecule has 0 aliphatic rings. The molecule has 0 fully saturated rings. The number of aromatic nitrogens is 1. The second kappa shape index (κ2) is 9.40. The van der Waals surface area contributed by atoms with E-state index in [0.29, 0.717) is 16.5 Å². The van der Waals surface area contributed by atoms with Crippen LogP contribution in [0.3, 0.4) is 0 Å². The van der Waals surface area contributed by atoms with Crippen LogP contribution < -0.4 is 4.90 Å². The number of nitrogens with zero attached hydrogens (tertiary/aromatic N) is 2. The van der Waals surface area contributed by atoms with E-state index in [-0.39, 0.29) is 23.0 Å². The quantitative estimate of drug-likeness (QED) is 0.494. The zero-order valence-corrected chi connectivity index (χ0v) is 19.0. The summed E-state index contributed by atoms with van der Waals surface area (Å²) in [5.41, 5.74) is 2.50. The van der Waals surface area contributed by atoms with Gasteiger partial charge >= 0.3 is 5.97 Å². The highest BCUT2D eigenvalue weighted by Crippen LogP contribution is 2.29. The Hall–Kier alpha value is -3.04. The van der Waals surface area contributed by atoms with Crippen molar-refractivity contribution in [3.05, 3.63) is 70.7 Å². The molecule has 0 radical (unpaired) electrons. The summed E-state index contributed by atoms with van der Waals surface area (Å²) < 4.78 is 28.6. The van der Waals surface area contributed by atoms with E-state index >= 15 is 0 Å². The van der Waals surface area contributed by atoms with Gasteiger partial charge in [-0.2, -0.15) is 0 Å². The minimum Gasteiger partial charge on any atom is -0.456 e. The molecule has 0 N–H and O–H groups in total. The van der Waals surface area contributed by atoms with Crippen molar-refractivity contribution in [2.75, 3.05) is 11.2 Å². The summed E-state index contributed by atoms with van der Waals surface area (Å²) >= 11 is 1.27. The molecule has 0 atom stereocenters. The molecule has 7 nitrogen and oxygen atoms in total. The van der Waals surface area contributed by atoms with E-state index in [2.05, 4.69) is 11.9 Å². The molecular weight excluding hydrogens is 436 g/mol. The van der Waals surface area contributed by atoms with Gasteiger partial charge in [0.1, 0.15) is 6.61 Å². The number of hydrogen-bond donors (Lipinski definition) is 0. The highest BCUT2D eigenvalue weighted by Gasteiger charge is 2.19. The second-order valence-electron chi connectivity index (χ2n) is 6.87. The molecular formula is C22H22N2O5S2. The minimum atomic E-state index is -3.43. The Bertz CT molecular complexity index is 1200. The molecule has 0 unspecified atom stereocenters. The number of carbonyl (C=O) groups excluding carboxylic acids is 2. The summed E-state index contributed by atoms with van der Waals surface area (Å²) in [6.07, 6.45) is 1.98. The fraction of sp³-hybridized carbons (Fsp3) is 0.227. The molecule has 1 aromatic heterocycles. The van der Waals surface area contributed by atoms with Crippen LogP contribution in [0.1, 0.15) is 35.5 Å². The van der Waals surface area contributed by atoms with Crippen molar-refractivity contribution in [2.45, 2.75) is 31.8 Å². The highest BCUT2D eigenvalue weighted by atomic mass is 32.2. The second-order valence-corrected chi connectivity index (χ2v) is 9.72. The number of ether oxygens (including phenoxy) is 1. The van der Waals surface area contributed by atoms with Gasteiger partial charge in [-0.3, -0.25) is 9.69 Å². The third-order valence-electron chi connectivity index (χ3n) is 4.50. The van der Waals surface area contributed by atoms with E-state index in [4.69, 9.17) is 4.74 Å². The summed E-state index contributed by atoms with van der Waals surface area (Å²) in [5.74, 6) is -0.835. The van der Waals surface area contributed by atoms with E-state index in [9.17, 15) is 18.0 Å². The molecule has 2 aromatic carbocycles. The van der Waals surface area contributed by atoms with Crippen LogP contribution >= 0.6 is 11.3 Å². The summed E-state index contributed by atoms with van der Waals surface area (Å²) in [6.45, 7) is 3.42. The van der Waals surface area contributed by atoms with Crippen LogP contribution in [0.5, 0.6) is 0 Å². The van der Waals surface area contributed by atoms with Gasteiger partial charge in [0.15, 0.2) is 15.0 Å². The first-order chi connectivity index (χ1) is 14.7. The lowest BCUT2D eigenvalue weighted by atomic mass is 10.1. The highest BCUT2D eigenvalue weighted by molar-refractivity contribution is 7.90. The van der Waals surface area contributed by atoms with Gasteiger partial charge in [0.2, 0.25) is 5.91 Å². The lowest BCUT2D eigenvalue weighted by Crippen LogP contribution is -2.22. The van der Waals surface area contributed by atoms with E-state index < -0.39 is 15.8 Å². The molecule has 9 heteroatoms. The predicted molar refractivity (Wildman–Crippen MR) is 119 cm³/mol. The number of carbonyl (C=O) groups is 2. The molecule has 31 heavy (non-hydrogen) atoms. The molecule has 0 saturated carbocycles. The molecule has 1 heterocycles. The van der Waals surface area contributed by atoms with Gasteiger partial charge in [-0.25, -0.2) is 18.2 Å². The van der Waals surface area contributed by atoms with Crippen molar-refractivity contribution in [1.29, 1.82) is 0 Å². The smallest absolute Gasteiger partial charge is 0.338 e. The fourth-order valence-corrected chi connectivity index (χ4v) is 4.39. The average Bonchev–Trinajstić information content (AvgIpc) is 3.20. The maximum atomic E-state index is 12.3. The molecule has 0 saturated heterocycles. The Morgan fingerprint density at radius 1 is 1.13 bits per heavy atom. The predicted octanol–water partition coefficient (Wildman–Crippen LogP) is 4.15. The van der Waals surface area contributed by atoms with E-state index in [1.165, 1.54) is 53.0 Å². The van der Waals surface area contributed by atoms with Crippen LogP contribution in [-0.4, -0.2) is 31.5 Å². The number of amides is 1. The van der Waals surface area contributed by atoms with Gasteiger partial charge in [-0.15, -0.1) is 11.3 Å². The third-order valence-corrected chi connectivity index (χ3v) is 6.48. The topological polar surface area (TPSA) is 93.6 Å². The number of hydrogen-bond acceptors (Lipinski definition) is 7. The Labute approximate surface area is 185 Å². The maximum absolute atomic E-state index is 12.3. The van der Waals surface area contributed by atoms with Gasteiger partial charge < -0.3 is 4.74 Å². The summed E-state index contributed by atoms with van der Waals surface area (Å²) in [4.78, 5) is 30.5. The monoisotopic (exact) mass is 458 g/mol. The molecule has 3 aromatic rings. The average molecular weight is 459 g/mol. The SMILES string of the molecule is CCc1ccc(N(C(C)=O)c2nc(COC(=O)c3cccc(S(C)(=O)=O)c3)cs2)cc1. The maximum Gasteiger partial charge on any atom is 0.338 e. The van der Waals surface area contributed by atoms with Crippen molar-refractivity contribution in [2.24, 2.45) is 0 Å². The molecule has 162 valence electrons. The zero-order chi connectivity index (χ0) is 22.6. The van der Waals surface area contributed by atoms with Gasteiger partial charge in [-0.05, 0) is 42.3 Å². The summed E-state index contributed by atoms with van der Waals surface area (Å²) in [5, 5.41) is 2.19. The molecule has 0 spiro atoms. The van der Waals surface area contributed by atoms with E-state index in [0.717, 1.165) is 12.7 Å². The minimum absolute atomic E-state index is 0.0455. The fourth-order valence-electron chi connectivity index (χ4n) is 2.85. The number of thiazole rings is 1. The number of esters is 1. The van der Waals surface area contributed by atoms with Crippen LogP contribution in [0, 0.1) is 0 Å². The number of aryl methyl sites for hydroxylation is 1. The van der Waals surface area contributed by atoms with Crippen molar-refractivity contribution in [3.8, 4) is 0 Å². The van der Waals surface area contributed by atoms with E-state index in [1.54, 1.807) is 5.38 Å². The largest absolute Gasteiger partial charge is 0.456 e. The Kier molecular flexibility index (Phi) is 6.87. The van der Waals surface area contributed by atoms with Gasteiger partial charge in [0.05, 0.1) is 21.8 Å². The van der Waals surface area contributed by atoms with E-state index in [1.807, 2.05) is 24.3 Å². The summed E-state index contributed by atoms with van der Waals surface area (Å²) in [7, 11) is -3.43. The molecule has 0 bridgehead atoms. The number of benzene rings is 2. The first kappa shape index (κ1) is 22.6. The molecule has 0 aliphatic carbocycles. The lowest BCUT2D eigenvalue weighted by molar-refractivity contribution is -0.115. The van der Waals surface area contributed by atoms with Crippen molar-refractivity contribution < 1.29 is 22.7 Å². The Morgan fingerprint density at radius 2 is 1.84 bits per heavy atom. The van der Waals surface area contributed by atoms with Crippen LogP contribution in [0.15, 0.2) is 58.8 Å². The van der Waals surface area contributed by atoms with Gasteiger partial charge in [0, 0.05) is 18.6 Å². The Balaban J connectivity index is 1.73. The number of rotatable bonds is 7. The standard InChI is InChI=1S/C22H22N2O5S2/c1-4-16-8-10-19(11-9-16)24(15(2)25)22-23-18(14-30-22)13-29-21(26)17-6-5-7-20(12-17)31(3,27)28/h5-12,14H,4,13H2,1-3H3. The van der Waals surface area contributed by atoms with Gasteiger partial charge in [-0.1, -0.05) is 25.1 Å². The number of anilines is 2. The van der Waals surface area contributed by atoms with Crippen LogP contribution in [-0.2, 0) is 32.4 Å². The van der Waals surface area contributed by atoms with Gasteiger partial charge in [0.25, 0.3) is 0 Å². The normalized spacial score (nSPS) is 11.2. The first-order valence-corrected chi connectivity index (χ1v) is 12.3. The zero-order valence-electron chi connectivity index (χ0n) is 17.4.